The van der Waals surface area contributed by atoms with Crippen LogP contribution in [-0.4, -0.2) is 16.6 Å². The van der Waals surface area contributed by atoms with E-state index in [-0.39, 0.29) is 5.11 Å². The monoisotopic (exact) mass is 293 g/mol. The molecule has 3 nitrogen and oxygen atoms in total. The summed E-state index contributed by atoms with van der Waals surface area (Å²) in [4.78, 5) is 1.34. The molecule has 0 spiro atoms. The van der Waals surface area contributed by atoms with Crippen molar-refractivity contribution >= 4 is 35.3 Å². The normalized spacial score (nSPS) is 16.6. The second-order valence-corrected chi connectivity index (χ2v) is 6.49. The number of hydrogen-bond acceptors (Lipinski definition) is 3. The lowest BCUT2D eigenvalue weighted by Crippen LogP contribution is -2.23. The SMILES string of the molecule is NC(=S)NN=Cc1ccc(SC2CCCCC2)cc1. The van der Waals surface area contributed by atoms with E-state index in [1.165, 1.54) is 37.0 Å². The van der Waals surface area contributed by atoms with Crippen LogP contribution in [0.15, 0.2) is 34.3 Å². The molecule has 1 aromatic carbocycles. The predicted octanol–water partition coefficient (Wildman–Crippen LogP) is 3.28. The van der Waals surface area contributed by atoms with Crippen LogP contribution >= 0.6 is 24.0 Å². The van der Waals surface area contributed by atoms with Crippen molar-refractivity contribution < 1.29 is 0 Å². The molecule has 0 amide bonds. The Balaban J connectivity index is 1.86. The zero-order chi connectivity index (χ0) is 13.5. The number of hydrogen-bond donors (Lipinski definition) is 2. The maximum absolute atomic E-state index is 5.29. The van der Waals surface area contributed by atoms with E-state index in [4.69, 9.17) is 5.73 Å². The molecular formula is C14H19N3S2. The largest absolute Gasteiger partial charge is 0.375 e. The molecule has 3 N–H and O–H groups in total. The third-order valence-electron chi connectivity index (χ3n) is 3.12. The Morgan fingerprint density at radius 2 is 1.95 bits per heavy atom. The first-order chi connectivity index (χ1) is 9.24. The number of nitrogens with two attached hydrogens (primary N) is 1. The van der Waals surface area contributed by atoms with Crippen LogP contribution in [0.2, 0.25) is 0 Å². The highest BCUT2D eigenvalue weighted by Crippen LogP contribution is 2.33. The number of hydrazone groups is 1. The Morgan fingerprint density at radius 1 is 1.26 bits per heavy atom. The maximum Gasteiger partial charge on any atom is 0.184 e. The van der Waals surface area contributed by atoms with E-state index in [9.17, 15) is 0 Å². The van der Waals surface area contributed by atoms with E-state index in [2.05, 4.69) is 47.0 Å². The molecule has 0 saturated heterocycles. The second kappa shape index (κ2) is 7.50. The van der Waals surface area contributed by atoms with Crippen LogP contribution < -0.4 is 11.2 Å². The fourth-order valence-corrected chi connectivity index (χ4v) is 3.48. The molecule has 1 aliphatic carbocycles. The zero-order valence-electron chi connectivity index (χ0n) is 10.8. The lowest BCUT2D eigenvalue weighted by Gasteiger charge is -2.20. The van der Waals surface area contributed by atoms with Gasteiger partial charge in [0.1, 0.15) is 0 Å². The van der Waals surface area contributed by atoms with Gasteiger partial charge in [0, 0.05) is 10.1 Å². The number of thioether (sulfide) groups is 1. The summed E-state index contributed by atoms with van der Waals surface area (Å²) in [6.07, 6.45) is 8.59. The Bertz CT molecular complexity index is 437. The van der Waals surface area contributed by atoms with Gasteiger partial charge >= 0.3 is 0 Å². The smallest absolute Gasteiger partial charge is 0.184 e. The lowest BCUT2D eigenvalue weighted by atomic mass is 10.0. The second-order valence-electron chi connectivity index (χ2n) is 4.68. The van der Waals surface area contributed by atoms with Gasteiger partial charge in [0.25, 0.3) is 0 Å². The van der Waals surface area contributed by atoms with Crippen LogP contribution in [0, 0.1) is 0 Å². The molecular weight excluding hydrogens is 274 g/mol. The molecule has 5 heteroatoms. The van der Waals surface area contributed by atoms with Gasteiger partial charge in [0.05, 0.1) is 6.21 Å². The average Bonchev–Trinajstić information content (AvgIpc) is 2.42. The van der Waals surface area contributed by atoms with E-state index >= 15 is 0 Å². The summed E-state index contributed by atoms with van der Waals surface area (Å²) >= 11 is 6.67. The highest BCUT2D eigenvalue weighted by atomic mass is 32.2. The van der Waals surface area contributed by atoms with Crippen LogP contribution in [0.4, 0.5) is 0 Å². The quantitative estimate of drug-likeness (QED) is 0.508. The van der Waals surface area contributed by atoms with Gasteiger partial charge in [-0.1, -0.05) is 31.4 Å². The first kappa shape index (κ1) is 14.3. The van der Waals surface area contributed by atoms with Gasteiger partial charge in [-0.3, -0.25) is 5.43 Å². The van der Waals surface area contributed by atoms with Gasteiger partial charge < -0.3 is 5.73 Å². The predicted molar refractivity (Wildman–Crippen MR) is 86.7 cm³/mol. The Morgan fingerprint density at radius 3 is 2.58 bits per heavy atom. The first-order valence-corrected chi connectivity index (χ1v) is 7.88. The Labute approximate surface area is 124 Å². The fraction of sp³-hybridized carbons (Fsp3) is 0.429. The molecule has 2 rings (SSSR count). The van der Waals surface area contributed by atoms with Gasteiger partial charge in [0.2, 0.25) is 0 Å². The molecule has 0 heterocycles. The van der Waals surface area contributed by atoms with Gasteiger partial charge in [-0.2, -0.15) is 5.10 Å². The van der Waals surface area contributed by atoms with Crippen LogP contribution in [0.1, 0.15) is 37.7 Å². The van der Waals surface area contributed by atoms with E-state index in [0.717, 1.165) is 10.8 Å². The number of rotatable bonds is 4. The number of nitrogens with one attached hydrogen (secondary N) is 1. The average molecular weight is 293 g/mol. The van der Waals surface area contributed by atoms with Crippen molar-refractivity contribution in [2.24, 2.45) is 10.8 Å². The van der Waals surface area contributed by atoms with Crippen molar-refractivity contribution in [3.8, 4) is 0 Å². The van der Waals surface area contributed by atoms with Gasteiger partial charge in [-0.05, 0) is 42.8 Å². The zero-order valence-corrected chi connectivity index (χ0v) is 12.5. The molecule has 0 bridgehead atoms. The standard InChI is InChI=1S/C14H19N3S2/c15-14(18)17-16-10-11-6-8-13(9-7-11)19-12-4-2-1-3-5-12/h6-10,12H,1-5H2,(H3,15,17,18). The molecule has 1 aliphatic rings. The summed E-state index contributed by atoms with van der Waals surface area (Å²) in [7, 11) is 0. The van der Waals surface area contributed by atoms with E-state index in [1.54, 1.807) is 6.21 Å². The third kappa shape index (κ3) is 5.20. The summed E-state index contributed by atoms with van der Waals surface area (Å²) in [5.74, 6) is 0. The van der Waals surface area contributed by atoms with Crippen LogP contribution in [-0.2, 0) is 0 Å². The van der Waals surface area contributed by atoms with Crippen molar-refractivity contribution in [2.45, 2.75) is 42.2 Å². The summed E-state index contributed by atoms with van der Waals surface area (Å²) < 4.78 is 0. The van der Waals surface area contributed by atoms with Crippen molar-refractivity contribution in [3.05, 3.63) is 29.8 Å². The topological polar surface area (TPSA) is 50.4 Å². The Hall–Kier alpha value is -1.07. The lowest BCUT2D eigenvalue weighted by molar-refractivity contribution is 0.516. The molecule has 102 valence electrons. The molecule has 0 radical (unpaired) electrons. The van der Waals surface area contributed by atoms with Gasteiger partial charge in [0.15, 0.2) is 5.11 Å². The molecule has 1 fully saturated rings. The molecule has 0 unspecified atom stereocenters. The minimum absolute atomic E-state index is 0.181. The van der Waals surface area contributed by atoms with Gasteiger partial charge in [-0.15, -0.1) is 11.8 Å². The maximum atomic E-state index is 5.29. The van der Waals surface area contributed by atoms with Crippen molar-refractivity contribution in [2.75, 3.05) is 0 Å². The number of benzene rings is 1. The Kier molecular flexibility index (Phi) is 5.66. The summed E-state index contributed by atoms with van der Waals surface area (Å²) in [6.45, 7) is 0. The summed E-state index contributed by atoms with van der Waals surface area (Å²) in [5.41, 5.74) is 8.87. The minimum atomic E-state index is 0.181. The number of thiocarbonyl (C=S) groups is 1. The highest BCUT2D eigenvalue weighted by molar-refractivity contribution is 8.00. The molecule has 0 aliphatic heterocycles. The fourth-order valence-electron chi connectivity index (χ4n) is 2.18. The van der Waals surface area contributed by atoms with Crippen molar-refractivity contribution in [1.82, 2.24) is 5.43 Å². The molecule has 0 atom stereocenters. The van der Waals surface area contributed by atoms with E-state index in [1.807, 2.05) is 11.8 Å². The number of nitrogens with zero attached hydrogens (tertiary/aromatic N) is 1. The summed E-state index contributed by atoms with van der Waals surface area (Å²) in [5, 5.41) is 4.92. The highest BCUT2D eigenvalue weighted by Gasteiger charge is 2.14. The van der Waals surface area contributed by atoms with Crippen LogP contribution in [0.5, 0.6) is 0 Å². The first-order valence-electron chi connectivity index (χ1n) is 6.59. The van der Waals surface area contributed by atoms with Crippen molar-refractivity contribution in [1.29, 1.82) is 0 Å². The molecule has 0 aromatic heterocycles. The minimum Gasteiger partial charge on any atom is -0.375 e. The van der Waals surface area contributed by atoms with Crippen molar-refractivity contribution in [3.63, 3.8) is 0 Å². The van der Waals surface area contributed by atoms with E-state index < -0.39 is 0 Å². The van der Waals surface area contributed by atoms with Crippen LogP contribution in [0.3, 0.4) is 0 Å². The molecule has 1 aromatic rings. The molecule has 1 saturated carbocycles. The molecule has 19 heavy (non-hydrogen) atoms. The van der Waals surface area contributed by atoms with E-state index in [0.29, 0.717) is 0 Å². The third-order valence-corrected chi connectivity index (χ3v) is 4.56. The van der Waals surface area contributed by atoms with Crippen LogP contribution in [0.25, 0.3) is 0 Å². The van der Waals surface area contributed by atoms with Gasteiger partial charge in [-0.25, -0.2) is 0 Å². The summed E-state index contributed by atoms with van der Waals surface area (Å²) in [6, 6.07) is 8.44.